The van der Waals surface area contributed by atoms with E-state index < -0.39 is 148 Å². The van der Waals surface area contributed by atoms with Crippen molar-refractivity contribution in [3.63, 3.8) is 0 Å². The highest BCUT2D eigenvalue weighted by Gasteiger charge is 2.53. The SMILES string of the molecule is CCCO[C@@H]1OC(C)[C@H](O)C(OC(C)=O)[C@@H]1O[C@H](OC(CO)[C@H](O)CO[C@@H]1OC(C(=O)O)[C@H](O[C@@H]2O[C@@H](C)[C@H](O)C(O)C2O)C(O)[C@@H]1O)[C@H](C)NC(C)=O. The number of esters is 1. The summed E-state index contributed by atoms with van der Waals surface area (Å²) < 4.78 is 50.4. The Morgan fingerprint density at radius 1 is 0.778 bits per heavy atom. The number of rotatable bonds is 18. The molecular formula is C32H55NO21. The minimum Gasteiger partial charge on any atom is -0.479 e. The summed E-state index contributed by atoms with van der Waals surface area (Å²) >= 11 is 0. The van der Waals surface area contributed by atoms with Crippen LogP contribution in [-0.2, 0) is 57.0 Å². The molecule has 3 rings (SSSR count). The zero-order chi connectivity index (χ0) is 40.6. The van der Waals surface area contributed by atoms with Crippen LogP contribution in [0.1, 0.15) is 48.0 Å². The van der Waals surface area contributed by atoms with Crippen LogP contribution in [0.15, 0.2) is 0 Å². The lowest BCUT2D eigenvalue weighted by molar-refractivity contribution is -0.354. The highest BCUT2D eigenvalue weighted by molar-refractivity contribution is 5.73. The topological polar surface area (TPSA) is 328 Å². The summed E-state index contributed by atoms with van der Waals surface area (Å²) in [5, 5.41) is 96.5. The number of aliphatic hydroxyl groups is 8. The monoisotopic (exact) mass is 789 g/mol. The smallest absolute Gasteiger partial charge is 0.335 e. The van der Waals surface area contributed by atoms with Gasteiger partial charge in [-0.2, -0.15) is 0 Å². The molecule has 0 aromatic heterocycles. The first-order valence-electron chi connectivity index (χ1n) is 17.5. The number of carboxylic acids is 1. The van der Waals surface area contributed by atoms with Gasteiger partial charge in [0.1, 0.15) is 54.9 Å². The van der Waals surface area contributed by atoms with Crippen molar-refractivity contribution < 1.29 is 103 Å². The highest BCUT2D eigenvalue weighted by atomic mass is 16.8. The lowest BCUT2D eigenvalue weighted by Crippen LogP contribution is -2.65. The lowest BCUT2D eigenvalue weighted by atomic mass is 9.97. The Balaban J connectivity index is 1.76. The second-order valence-electron chi connectivity index (χ2n) is 13.4. The molecule has 0 aromatic carbocycles. The number of nitrogens with one attached hydrogen (secondary N) is 1. The molecule has 3 fully saturated rings. The van der Waals surface area contributed by atoms with E-state index in [1.54, 1.807) is 0 Å². The molecule has 0 spiro atoms. The van der Waals surface area contributed by atoms with Crippen molar-refractivity contribution in [2.75, 3.05) is 19.8 Å². The van der Waals surface area contributed by atoms with Crippen molar-refractivity contribution in [3.8, 4) is 0 Å². The van der Waals surface area contributed by atoms with Crippen LogP contribution in [0.3, 0.4) is 0 Å². The van der Waals surface area contributed by atoms with E-state index in [-0.39, 0.29) is 6.61 Å². The summed E-state index contributed by atoms with van der Waals surface area (Å²) in [7, 11) is 0. The molecule has 54 heavy (non-hydrogen) atoms. The third-order valence-corrected chi connectivity index (χ3v) is 8.91. The van der Waals surface area contributed by atoms with Crippen LogP contribution in [0.25, 0.3) is 0 Å². The summed E-state index contributed by atoms with van der Waals surface area (Å²) in [5.74, 6) is -3.00. The quantitative estimate of drug-likeness (QED) is 0.0460. The van der Waals surface area contributed by atoms with E-state index in [1.165, 1.54) is 27.7 Å². The summed E-state index contributed by atoms with van der Waals surface area (Å²) in [6, 6.07) is -1.03. The Morgan fingerprint density at radius 3 is 1.96 bits per heavy atom. The van der Waals surface area contributed by atoms with E-state index in [9.17, 15) is 60.3 Å². The summed E-state index contributed by atoms with van der Waals surface area (Å²) in [5.41, 5.74) is 0. The molecule has 3 aliphatic heterocycles. The Kier molecular flexibility index (Phi) is 17.8. The molecule has 22 heteroatoms. The number of aliphatic hydroxyl groups excluding tert-OH is 8. The molecule has 22 nitrogen and oxygen atoms in total. The van der Waals surface area contributed by atoms with Crippen LogP contribution in [0.5, 0.6) is 0 Å². The molecule has 3 saturated heterocycles. The van der Waals surface area contributed by atoms with Crippen LogP contribution in [0, 0.1) is 0 Å². The molecule has 3 heterocycles. The van der Waals surface area contributed by atoms with Crippen molar-refractivity contribution in [1.82, 2.24) is 5.32 Å². The molecule has 0 radical (unpaired) electrons. The third-order valence-electron chi connectivity index (χ3n) is 8.91. The fraction of sp³-hybridized carbons (Fsp3) is 0.906. The first-order valence-corrected chi connectivity index (χ1v) is 17.5. The van der Waals surface area contributed by atoms with E-state index in [0.717, 1.165) is 6.92 Å². The van der Waals surface area contributed by atoms with Gasteiger partial charge in [0.25, 0.3) is 0 Å². The van der Waals surface area contributed by atoms with Gasteiger partial charge >= 0.3 is 11.9 Å². The van der Waals surface area contributed by atoms with Gasteiger partial charge in [0.15, 0.2) is 43.5 Å². The number of ether oxygens (including phenoxy) is 9. The number of hydrogen-bond acceptors (Lipinski definition) is 20. The van der Waals surface area contributed by atoms with Crippen LogP contribution >= 0.6 is 0 Å². The number of aliphatic carboxylic acids is 1. The van der Waals surface area contributed by atoms with Gasteiger partial charge < -0.3 is 93.9 Å². The molecule has 314 valence electrons. The predicted molar refractivity (Wildman–Crippen MR) is 174 cm³/mol. The Bertz CT molecular complexity index is 1200. The van der Waals surface area contributed by atoms with Gasteiger partial charge in [-0.3, -0.25) is 9.59 Å². The van der Waals surface area contributed by atoms with Crippen LogP contribution in [-0.4, -0.2) is 200 Å². The van der Waals surface area contributed by atoms with E-state index in [2.05, 4.69) is 5.32 Å². The number of carbonyl (C=O) groups is 3. The molecule has 10 N–H and O–H groups in total. The van der Waals surface area contributed by atoms with Gasteiger partial charge in [-0.05, 0) is 27.2 Å². The van der Waals surface area contributed by atoms with Crippen molar-refractivity contribution in [3.05, 3.63) is 0 Å². The first kappa shape index (κ1) is 46.2. The number of hydrogen-bond donors (Lipinski definition) is 10. The van der Waals surface area contributed by atoms with E-state index in [0.29, 0.717) is 6.42 Å². The van der Waals surface area contributed by atoms with Crippen LogP contribution < -0.4 is 5.32 Å². The molecular weight excluding hydrogens is 734 g/mol. The minimum absolute atomic E-state index is 0.171. The van der Waals surface area contributed by atoms with E-state index in [1.807, 2.05) is 6.92 Å². The second kappa shape index (κ2) is 20.8. The molecule has 1 amide bonds. The van der Waals surface area contributed by atoms with E-state index in [4.69, 9.17) is 42.6 Å². The van der Waals surface area contributed by atoms with Crippen molar-refractivity contribution >= 4 is 17.8 Å². The molecule has 0 bridgehead atoms. The minimum atomic E-state index is -2.07. The molecule has 0 saturated carbocycles. The van der Waals surface area contributed by atoms with Gasteiger partial charge in [-0.25, -0.2) is 4.79 Å². The fourth-order valence-electron chi connectivity index (χ4n) is 5.97. The maximum absolute atomic E-state index is 12.1. The van der Waals surface area contributed by atoms with Gasteiger partial charge in [-0.1, -0.05) is 6.92 Å². The van der Waals surface area contributed by atoms with Crippen LogP contribution in [0.2, 0.25) is 0 Å². The molecule has 7 unspecified atom stereocenters. The average Bonchev–Trinajstić information content (AvgIpc) is 3.10. The predicted octanol–water partition coefficient (Wildman–Crippen LogP) is -4.81. The average molecular weight is 790 g/mol. The van der Waals surface area contributed by atoms with Gasteiger partial charge in [0.2, 0.25) is 5.91 Å². The number of amides is 1. The zero-order valence-electron chi connectivity index (χ0n) is 30.7. The standard InChI is InChI=1S/C32H55NO21/c1-7-8-46-32-27(24(50-15(6)36)19(39)13(4)49-32)54-29(11(2)33-14(5)35)51-17(9-34)16(37)10-47-30-23(43)21(41)25(26(53-30)28(44)45)52-31-22(42)20(40)18(38)12(3)48-31/h11-13,16-27,29-32,34,37-43H,7-10H2,1-6H3,(H,33,35)(H,44,45)/t11-,12-,13?,16+,17?,18-,19-,20?,21?,22?,23-,24?,25+,26?,27-,29-,30+,31-,32+/m0/s1. The lowest BCUT2D eigenvalue weighted by Gasteiger charge is -2.45. The van der Waals surface area contributed by atoms with Crippen LogP contribution in [0.4, 0.5) is 0 Å². The molecule has 0 aliphatic carbocycles. The molecule has 19 atom stereocenters. The first-order chi connectivity index (χ1) is 25.3. The fourth-order valence-corrected chi connectivity index (χ4v) is 5.97. The second-order valence-corrected chi connectivity index (χ2v) is 13.4. The maximum Gasteiger partial charge on any atom is 0.335 e. The summed E-state index contributed by atoms with van der Waals surface area (Å²) in [6.45, 7) is 6.89. The zero-order valence-corrected chi connectivity index (χ0v) is 30.7. The van der Waals surface area contributed by atoms with Gasteiger partial charge in [-0.15, -0.1) is 0 Å². The normalized spacial score (nSPS) is 39.6. The molecule has 3 aliphatic rings. The van der Waals surface area contributed by atoms with Gasteiger partial charge in [0.05, 0.1) is 31.5 Å². The Labute approximate surface area is 310 Å². The Morgan fingerprint density at radius 2 is 1.39 bits per heavy atom. The molecule has 0 aromatic rings. The number of carbonyl (C=O) groups excluding carboxylic acids is 2. The number of carboxylic acid groups (broad SMARTS) is 1. The largest absolute Gasteiger partial charge is 0.479 e. The van der Waals surface area contributed by atoms with Gasteiger partial charge in [0, 0.05) is 20.5 Å². The van der Waals surface area contributed by atoms with Crippen molar-refractivity contribution in [1.29, 1.82) is 0 Å². The summed E-state index contributed by atoms with van der Waals surface area (Å²) in [6.07, 6.45) is -28.6. The highest BCUT2D eigenvalue weighted by Crippen LogP contribution is 2.31. The third kappa shape index (κ3) is 11.7. The van der Waals surface area contributed by atoms with Crippen molar-refractivity contribution in [2.24, 2.45) is 0 Å². The Hall–Kier alpha value is -2.23. The summed E-state index contributed by atoms with van der Waals surface area (Å²) in [4.78, 5) is 36.1. The maximum atomic E-state index is 12.1. The van der Waals surface area contributed by atoms with Crippen molar-refractivity contribution in [2.45, 2.75) is 165 Å². The van der Waals surface area contributed by atoms with E-state index >= 15 is 0 Å².